The van der Waals surface area contributed by atoms with Crippen LogP contribution in [0.2, 0.25) is 0 Å². The molecule has 128 valence electrons. The van der Waals surface area contributed by atoms with E-state index >= 15 is 0 Å². The molecule has 2 N–H and O–H groups in total. The fourth-order valence-electron chi connectivity index (χ4n) is 2.57. The molecule has 2 rings (SSSR count). The van der Waals surface area contributed by atoms with Gasteiger partial charge >= 0.3 is 0 Å². The molecule has 1 amide bonds. The Bertz CT molecular complexity index is 674. The molecule has 0 aliphatic heterocycles. The molecule has 0 fully saturated rings. The van der Waals surface area contributed by atoms with E-state index in [4.69, 9.17) is 0 Å². The molecule has 0 aliphatic carbocycles. The van der Waals surface area contributed by atoms with Crippen LogP contribution in [0.5, 0.6) is 0 Å². The van der Waals surface area contributed by atoms with Crippen LogP contribution in [-0.4, -0.2) is 12.5 Å². The van der Waals surface area contributed by atoms with Gasteiger partial charge in [-0.15, -0.1) is 0 Å². The van der Waals surface area contributed by atoms with Crippen LogP contribution >= 0.6 is 0 Å². The van der Waals surface area contributed by atoms with Gasteiger partial charge in [-0.1, -0.05) is 38.1 Å². The summed E-state index contributed by atoms with van der Waals surface area (Å²) in [6.45, 7) is 4.22. The van der Waals surface area contributed by atoms with Gasteiger partial charge in [-0.05, 0) is 36.1 Å². The van der Waals surface area contributed by atoms with Crippen LogP contribution in [0.4, 0.5) is 20.2 Å². The maximum absolute atomic E-state index is 13.5. The molecule has 0 saturated heterocycles. The van der Waals surface area contributed by atoms with E-state index in [1.807, 2.05) is 32.0 Å². The van der Waals surface area contributed by atoms with Gasteiger partial charge in [0.15, 0.2) is 0 Å². The van der Waals surface area contributed by atoms with Gasteiger partial charge in [-0.2, -0.15) is 0 Å². The molecule has 24 heavy (non-hydrogen) atoms. The van der Waals surface area contributed by atoms with Crippen molar-refractivity contribution in [3.8, 4) is 0 Å². The molecule has 0 radical (unpaired) electrons. The minimum absolute atomic E-state index is 0.120. The van der Waals surface area contributed by atoms with Crippen LogP contribution in [0.1, 0.15) is 31.4 Å². The molecule has 0 unspecified atom stereocenters. The molecule has 2 aromatic rings. The Morgan fingerprint density at radius 1 is 0.917 bits per heavy atom. The Morgan fingerprint density at radius 3 is 2.00 bits per heavy atom. The fourth-order valence-corrected chi connectivity index (χ4v) is 2.57. The van der Waals surface area contributed by atoms with E-state index in [2.05, 4.69) is 10.6 Å². The average molecular weight is 332 g/mol. The standard InChI is InChI=1S/C19H22F2N2O/c1-3-13-7-5-8-14(4-2)18(13)23-17(24)11-12-22-19-15(20)9-6-10-16(19)21/h5-10,22H,3-4,11-12H2,1-2H3,(H,23,24). The first-order chi connectivity index (χ1) is 11.6. The van der Waals surface area contributed by atoms with Crippen LogP contribution < -0.4 is 10.6 Å². The maximum atomic E-state index is 13.5. The highest BCUT2D eigenvalue weighted by atomic mass is 19.1. The lowest BCUT2D eigenvalue weighted by Gasteiger charge is -2.15. The van der Waals surface area contributed by atoms with E-state index in [0.717, 1.165) is 29.7 Å². The van der Waals surface area contributed by atoms with E-state index in [1.54, 1.807) is 0 Å². The minimum Gasteiger partial charge on any atom is -0.380 e. The zero-order valence-electron chi connectivity index (χ0n) is 14.0. The van der Waals surface area contributed by atoms with Crippen LogP contribution in [0.3, 0.4) is 0 Å². The lowest BCUT2D eigenvalue weighted by molar-refractivity contribution is -0.116. The van der Waals surface area contributed by atoms with Gasteiger partial charge in [0.2, 0.25) is 5.91 Å². The first-order valence-corrected chi connectivity index (χ1v) is 8.15. The summed E-state index contributed by atoms with van der Waals surface area (Å²) in [6.07, 6.45) is 1.76. The number of rotatable bonds is 7. The second kappa shape index (κ2) is 8.43. The van der Waals surface area contributed by atoms with Gasteiger partial charge < -0.3 is 10.6 Å². The van der Waals surface area contributed by atoms with Crippen molar-refractivity contribution in [1.82, 2.24) is 0 Å². The minimum atomic E-state index is -0.667. The Morgan fingerprint density at radius 2 is 1.46 bits per heavy atom. The van der Waals surface area contributed by atoms with Crippen molar-refractivity contribution in [3.63, 3.8) is 0 Å². The largest absolute Gasteiger partial charge is 0.380 e. The molecule has 0 aliphatic rings. The SMILES string of the molecule is CCc1cccc(CC)c1NC(=O)CCNc1c(F)cccc1F. The van der Waals surface area contributed by atoms with Crippen molar-refractivity contribution in [2.24, 2.45) is 0 Å². The van der Waals surface area contributed by atoms with Crippen LogP contribution in [0.25, 0.3) is 0 Å². The number of carbonyl (C=O) groups excluding carboxylic acids is 1. The van der Waals surface area contributed by atoms with Crippen LogP contribution in [-0.2, 0) is 17.6 Å². The predicted octanol–water partition coefficient (Wildman–Crippen LogP) is 4.53. The maximum Gasteiger partial charge on any atom is 0.226 e. The number of aryl methyl sites for hydroxylation is 2. The smallest absolute Gasteiger partial charge is 0.226 e. The summed E-state index contributed by atoms with van der Waals surface area (Å²) in [6, 6.07) is 9.61. The van der Waals surface area contributed by atoms with Crippen molar-refractivity contribution in [2.45, 2.75) is 33.1 Å². The van der Waals surface area contributed by atoms with Gasteiger partial charge in [0.05, 0.1) is 0 Å². The average Bonchev–Trinajstić information content (AvgIpc) is 2.57. The van der Waals surface area contributed by atoms with Crippen molar-refractivity contribution < 1.29 is 13.6 Å². The molecular weight excluding hydrogens is 310 g/mol. The van der Waals surface area contributed by atoms with Crippen molar-refractivity contribution in [3.05, 3.63) is 59.2 Å². The number of para-hydroxylation sites is 2. The highest BCUT2D eigenvalue weighted by Crippen LogP contribution is 2.23. The number of benzene rings is 2. The Labute approximate surface area is 141 Å². The third kappa shape index (κ3) is 4.31. The summed E-state index contributed by atoms with van der Waals surface area (Å²) in [5.74, 6) is -1.52. The number of nitrogens with one attached hydrogen (secondary N) is 2. The van der Waals surface area contributed by atoms with Crippen LogP contribution in [0, 0.1) is 11.6 Å². The van der Waals surface area contributed by atoms with Crippen molar-refractivity contribution in [1.29, 1.82) is 0 Å². The quantitative estimate of drug-likeness (QED) is 0.782. The highest BCUT2D eigenvalue weighted by molar-refractivity contribution is 5.92. The van der Waals surface area contributed by atoms with Gasteiger partial charge in [-0.25, -0.2) is 8.78 Å². The topological polar surface area (TPSA) is 41.1 Å². The third-order valence-corrected chi connectivity index (χ3v) is 3.88. The third-order valence-electron chi connectivity index (χ3n) is 3.88. The second-order valence-corrected chi connectivity index (χ2v) is 5.48. The highest BCUT2D eigenvalue weighted by Gasteiger charge is 2.11. The summed E-state index contributed by atoms with van der Waals surface area (Å²) < 4.78 is 27.0. The number of hydrogen-bond acceptors (Lipinski definition) is 2. The van der Waals surface area contributed by atoms with E-state index in [9.17, 15) is 13.6 Å². The number of hydrogen-bond donors (Lipinski definition) is 2. The fraction of sp³-hybridized carbons (Fsp3) is 0.316. The molecule has 5 heteroatoms. The molecule has 0 saturated carbocycles. The zero-order valence-corrected chi connectivity index (χ0v) is 14.0. The zero-order chi connectivity index (χ0) is 17.5. The van der Waals surface area contributed by atoms with E-state index < -0.39 is 11.6 Å². The summed E-state index contributed by atoms with van der Waals surface area (Å²) in [5.41, 5.74) is 2.81. The van der Waals surface area contributed by atoms with Crippen molar-refractivity contribution in [2.75, 3.05) is 17.2 Å². The van der Waals surface area contributed by atoms with E-state index in [-0.39, 0.29) is 24.6 Å². The summed E-state index contributed by atoms with van der Waals surface area (Å²) in [5, 5.41) is 5.57. The Kier molecular flexibility index (Phi) is 6.29. The van der Waals surface area contributed by atoms with Gasteiger partial charge in [0.1, 0.15) is 17.3 Å². The summed E-state index contributed by atoms with van der Waals surface area (Å²) in [7, 11) is 0. The Balaban J connectivity index is 1.97. The summed E-state index contributed by atoms with van der Waals surface area (Å²) in [4.78, 5) is 12.2. The molecule has 3 nitrogen and oxygen atoms in total. The normalized spacial score (nSPS) is 10.5. The predicted molar refractivity (Wildman–Crippen MR) is 93.3 cm³/mol. The molecule has 0 spiro atoms. The monoisotopic (exact) mass is 332 g/mol. The first kappa shape index (κ1) is 17.9. The molecule has 0 heterocycles. The molecule has 0 aromatic heterocycles. The Hall–Kier alpha value is -2.43. The van der Waals surface area contributed by atoms with Crippen molar-refractivity contribution >= 4 is 17.3 Å². The van der Waals surface area contributed by atoms with E-state index in [0.29, 0.717) is 0 Å². The van der Waals surface area contributed by atoms with Gasteiger partial charge in [-0.3, -0.25) is 4.79 Å². The molecule has 0 bridgehead atoms. The lowest BCUT2D eigenvalue weighted by Crippen LogP contribution is -2.18. The van der Waals surface area contributed by atoms with Crippen LogP contribution in [0.15, 0.2) is 36.4 Å². The molecule has 0 atom stereocenters. The summed E-state index contributed by atoms with van der Waals surface area (Å²) >= 11 is 0. The molecular formula is C19H22F2N2O. The first-order valence-electron chi connectivity index (χ1n) is 8.15. The molecule has 2 aromatic carbocycles. The van der Waals surface area contributed by atoms with Gasteiger partial charge in [0, 0.05) is 18.7 Å². The van der Waals surface area contributed by atoms with Gasteiger partial charge in [0.25, 0.3) is 0 Å². The number of carbonyl (C=O) groups is 1. The number of anilines is 2. The lowest BCUT2D eigenvalue weighted by atomic mass is 10.0. The van der Waals surface area contributed by atoms with E-state index in [1.165, 1.54) is 18.2 Å². The second-order valence-electron chi connectivity index (χ2n) is 5.48. The number of amides is 1. The number of halogens is 2.